The number of hydrogen-bond acceptors (Lipinski definition) is 2. The summed E-state index contributed by atoms with van der Waals surface area (Å²) in [5.74, 6) is -0.101. The summed E-state index contributed by atoms with van der Waals surface area (Å²) in [7, 11) is 0. The number of carboxylic acid groups (broad SMARTS) is 1. The van der Waals surface area contributed by atoms with Gasteiger partial charge in [-0.3, -0.25) is 0 Å². The van der Waals surface area contributed by atoms with E-state index in [0.717, 1.165) is 18.0 Å². The zero-order valence-corrected chi connectivity index (χ0v) is 9.13. The zero-order chi connectivity index (χ0) is 10.8. The molecule has 0 heterocycles. The molecule has 1 atom stereocenters. The third kappa shape index (κ3) is 3.50. The molecule has 0 saturated heterocycles. The molecular formula is C11H19NO2. The Morgan fingerprint density at radius 1 is 1.64 bits per heavy atom. The van der Waals surface area contributed by atoms with Crippen LogP contribution in [0.5, 0.6) is 0 Å². The van der Waals surface area contributed by atoms with Gasteiger partial charge in [0, 0.05) is 12.6 Å². The predicted octanol–water partition coefficient (Wildman–Crippen LogP) is 1.65. The molecule has 0 amide bonds. The van der Waals surface area contributed by atoms with Crippen molar-refractivity contribution in [1.82, 2.24) is 5.32 Å². The Hall–Kier alpha value is -0.830. The molecule has 3 nitrogen and oxygen atoms in total. The molecule has 0 aromatic heterocycles. The molecule has 0 aliphatic heterocycles. The molecule has 1 aliphatic carbocycles. The molecule has 1 rings (SSSR count). The van der Waals surface area contributed by atoms with Crippen molar-refractivity contribution < 1.29 is 9.90 Å². The van der Waals surface area contributed by atoms with Gasteiger partial charge >= 0.3 is 5.97 Å². The summed E-state index contributed by atoms with van der Waals surface area (Å²) in [5.41, 5.74) is 1.37. The number of carboxylic acids is 1. The van der Waals surface area contributed by atoms with E-state index in [0.29, 0.717) is 12.0 Å². The highest BCUT2D eigenvalue weighted by atomic mass is 16.4. The molecule has 2 N–H and O–H groups in total. The highest BCUT2D eigenvalue weighted by Gasteiger charge is 2.44. The highest BCUT2D eigenvalue weighted by molar-refractivity contribution is 5.80. The monoisotopic (exact) mass is 197 g/mol. The predicted molar refractivity (Wildman–Crippen MR) is 56.2 cm³/mol. The van der Waals surface area contributed by atoms with Crippen LogP contribution in [0.1, 0.15) is 27.2 Å². The SMILES string of the molecule is CC(=CC(=O)O)CNCC1CC1(C)C. The Balaban J connectivity index is 2.13. The molecular weight excluding hydrogens is 178 g/mol. The average Bonchev–Trinajstić information content (AvgIpc) is 2.57. The maximum atomic E-state index is 10.3. The maximum Gasteiger partial charge on any atom is 0.328 e. The van der Waals surface area contributed by atoms with Crippen molar-refractivity contribution in [2.45, 2.75) is 27.2 Å². The van der Waals surface area contributed by atoms with Gasteiger partial charge in [0.25, 0.3) is 0 Å². The molecule has 0 spiro atoms. The van der Waals surface area contributed by atoms with E-state index in [1.54, 1.807) is 0 Å². The third-order valence-electron chi connectivity index (χ3n) is 2.88. The average molecular weight is 197 g/mol. The Kier molecular flexibility index (Phi) is 3.32. The van der Waals surface area contributed by atoms with Crippen molar-refractivity contribution in [3.63, 3.8) is 0 Å². The van der Waals surface area contributed by atoms with Crippen molar-refractivity contribution in [3.05, 3.63) is 11.6 Å². The lowest BCUT2D eigenvalue weighted by Gasteiger charge is -2.05. The standard InChI is InChI=1S/C11H19NO2/c1-8(4-10(13)14)6-12-7-9-5-11(9,2)3/h4,9,12H,5-7H2,1-3H3,(H,13,14). The van der Waals surface area contributed by atoms with Crippen LogP contribution in [0.3, 0.4) is 0 Å². The van der Waals surface area contributed by atoms with Crippen LogP contribution in [0.4, 0.5) is 0 Å². The molecule has 0 aromatic carbocycles. The van der Waals surface area contributed by atoms with Gasteiger partial charge in [0.15, 0.2) is 0 Å². The van der Waals surface area contributed by atoms with Crippen LogP contribution >= 0.6 is 0 Å². The maximum absolute atomic E-state index is 10.3. The largest absolute Gasteiger partial charge is 0.478 e. The van der Waals surface area contributed by atoms with Crippen molar-refractivity contribution in [2.75, 3.05) is 13.1 Å². The van der Waals surface area contributed by atoms with E-state index in [-0.39, 0.29) is 0 Å². The summed E-state index contributed by atoms with van der Waals surface area (Å²) in [5, 5.41) is 11.8. The van der Waals surface area contributed by atoms with E-state index < -0.39 is 5.97 Å². The number of hydrogen-bond donors (Lipinski definition) is 2. The van der Waals surface area contributed by atoms with Crippen molar-refractivity contribution in [3.8, 4) is 0 Å². The van der Waals surface area contributed by atoms with E-state index in [1.165, 1.54) is 12.5 Å². The summed E-state index contributed by atoms with van der Waals surface area (Å²) in [6, 6.07) is 0. The lowest BCUT2D eigenvalue weighted by atomic mass is 10.1. The first-order chi connectivity index (χ1) is 6.42. The van der Waals surface area contributed by atoms with Crippen LogP contribution < -0.4 is 5.32 Å². The van der Waals surface area contributed by atoms with Crippen LogP contribution in [0.15, 0.2) is 11.6 Å². The zero-order valence-electron chi connectivity index (χ0n) is 9.13. The quantitative estimate of drug-likeness (QED) is 0.659. The van der Waals surface area contributed by atoms with Crippen LogP contribution in [0.25, 0.3) is 0 Å². The van der Waals surface area contributed by atoms with Gasteiger partial charge in [0.2, 0.25) is 0 Å². The minimum atomic E-state index is -0.865. The molecule has 3 heteroatoms. The van der Waals surface area contributed by atoms with E-state index in [1.807, 2.05) is 6.92 Å². The van der Waals surface area contributed by atoms with Gasteiger partial charge in [-0.15, -0.1) is 0 Å². The Morgan fingerprint density at radius 3 is 2.64 bits per heavy atom. The number of rotatable bonds is 5. The summed E-state index contributed by atoms with van der Waals surface area (Å²) in [6.07, 6.45) is 2.53. The van der Waals surface area contributed by atoms with Crippen molar-refractivity contribution in [2.24, 2.45) is 11.3 Å². The smallest absolute Gasteiger partial charge is 0.328 e. The van der Waals surface area contributed by atoms with Crippen LogP contribution in [-0.2, 0) is 4.79 Å². The highest BCUT2D eigenvalue weighted by Crippen LogP contribution is 2.50. The summed E-state index contributed by atoms with van der Waals surface area (Å²) in [6.45, 7) is 8.04. The molecule has 1 saturated carbocycles. The summed E-state index contributed by atoms with van der Waals surface area (Å²) < 4.78 is 0. The van der Waals surface area contributed by atoms with Crippen LogP contribution in [0, 0.1) is 11.3 Å². The van der Waals surface area contributed by atoms with Gasteiger partial charge in [-0.1, -0.05) is 19.4 Å². The van der Waals surface area contributed by atoms with Gasteiger partial charge in [-0.25, -0.2) is 4.79 Å². The van der Waals surface area contributed by atoms with E-state index in [9.17, 15) is 4.79 Å². The summed E-state index contributed by atoms with van der Waals surface area (Å²) in [4.78, 5) is 10.3. The van der Waals surface area contributed by atoms with Gasteiger partial charge in [0.1, 0.15) is 0 Å². The van der Waals surface area contributed by atoms with Gasteiger partial charge in [-0.05, 0) is 31.2 Å². The van der Waals surface area contributed by atoms with Gasteiger partial charge < -0.3 is 10.4 Å². The molecule has 1 aliphatic rings. The van der Waals surface area contributed by atoms with Crippen molar-refractivity contribution >= 4 is 5.97 Å². The number of nitrogens with one attached hydrogen (secondary N) is 1. The fourth-order valence-electron chi connectivity index (χ4n) is 1.63. The Bertz CT molecular complexity index is 256. The van der Waals surface area contributed by atoms with Gasteiger partial charge in [-0.2, -0.15) is 0 Å². The van der Waals surface area contributed by atoms with Gasteiger partial charge in [0.05, 0.1) is 0 Å². The molecule has 14 heavy (non-hydrogen) atoms. The van der Waals surface area contributed by atoms with E-state index in [4.69, 9.17) is 5.11 Å². The third-order valence-corrected chi connectivity index (χ3v) is 2.88. The second-order valence-electron chi connectivity index (χ2n) is 4.85. The van der Waals surface area contributed by atoms with Crippen molar-refractivity contribution in [1.29, 1.82) is 0 Å². The normalized spacial score (nSPS) is 24.8. The Labute approximate surface area is 85.2 Å². The molecule has 1 unspecified atom stereocenters. The number of carbonyl (C=O) groups is 1. The Morgan fingerprint density at radius 2 is 2.21 bits per heavy atom. The lowest BCUT2D eigenvalue weighted by Crippen LogP contribution is -2.20. The minimum absolute atomic E-state index is 0.497. The first-order valence-electron chi connectivity index (χ1n) is 5.02. The van der Waals surface area contributed by atoms with E-state index >= 15 is 0 Å². The lowest BCUT2D eigenvalue weighted by molar-refractivity contribution is -0.131. The minimum Gasteiger partial charge on any atom is -0.478 e. The number of aliphatic carboxylic acids is 1. The fourth-order valence-corrected chi connectivity index (χ4v) is 1.63. The fraction of sp³-hybridized carbons (Fsp3) is 0.727. The topological polar surface area (TPSA) is 49.3 Å². The first-order valence-corrected chi connectivity index (χ1v) is 5.02. The molecule has 0 bridgehead atoms. The molecule has 1 fully saturated rings. The summed E-state index contributed by atoms with van der Waals surface area (Å²) >= 11 is 0. The van der Waals surface area contributed by atoms with Crippen LogP contribution in [0.2, 0.25) is 0 Å². The molecule has 0 aromatic rings. The molecule has 80 valence electrons. The first kappa shape index (κ1) is 11.2. The second-order valence-corrected chi connectivity index (χ2v) is 4.85. The van der Waals surface area contributed by atoms with E-state index in [2.05, 4.69) is 19.2 Å². The molecule has 0 radical (unpaired) electrons. The van der Waals surface area contributed by atoms with Crippen LogP contribution in [-0.4, -0.2) is 24.2 Å². The second kappa shape index (κ2) is 4.13.